The van der Waals surface area contributed by atoms with Crippen molar-refractivity contribution in [3.05, 3.63) is 47.5 Å². The largest absolute Gasteiger partial charge is 0.508 e. The molecule has 2 amide bonds. The average molecular weight is 545 g/mol. The number of nitrogens with zero attached hydrogens (tertiary/aromatic N) is 2. The number of ether oxygens (including phenoxy) is 2. The van der Waals surface area contributed by atoms with E-state index in [1.165, 1.54) is 6.92 Å². The van der Waals surface area contributed by atoms with E-state index in [4.69, 9.17) is 21.1 Å². The number of hydrogen-bond donors (Lipinski definition) is 2. The van der Waals surface area contributed by atoms with Gasteiger partial charge in [-0.05, 0) is 60.4 Å². The van der Waals surface area contributed by atoms with E-state index in [0.29, 0.717) is 37.1 Å². The number of epoxide rings is 1. The van der Waals surface area contributed by atoms with Crippen LogP contribution < -0.4 is 14.5 Å². The van der Waals surface area contributed by atoms with Crippen molar-refractivity contribution in [1.82, 2.24) is 0 Å². The molecule has 0 saturated carbocycles. The number of anilines is 2. The zero-order valence-corrected chi connectivity index (χ0v) is 22.2. The summed E-state index contributed by atoms with van der Waals surface area (Å²) >= 11 is 5.55. The van der Waals surface area contributed by atoms with Crippen molar-refractivity contribution < 1.29 is 34.1 Å². The molecule has 0 aliphatic carbocycles. The van der Waals surface area contributed by atoms with E-state index in [1.807, 2.05) is 12.1 Å². The molecule has 2 aromatic rings. The number of amides is 2. The van der Waals surface area contributed by atoms with Crippen LogP contribution in [0.3, 0.4) is 0 Å². The van der Waals surface area contributed by atoms with Gasteiger partial charge in [-0.1, -0.05) is 0 Å². The first-order chi connectivity index (χ1) is 18.2. The first-order valence-electron chi connectivity index (χ1n) is 12.8. The van der Waals surface area contributed by atoms with Gasteiger partial charge < -0.3 is 29.5 Å². The number of aliphatic hydroxyl groups excluding tert-OH is 1. The molecule has 2 unspecified atom stereocenters. The molecule has 38 heavy (non-hydrogen) atoms. The fraction of sp³-hybridized carbons (Fsp3) is 0.464. The first-order valence-corrected chi connectivity index (χ1v) is 13.4. The molecule has 3 heterocycles. The molecule has 204 valence electrons. The van der Waals surface area contributed by atoms with E-state index in [0.717, 1.165) is 42.9 Å². The van der Waals surface area contributed by atoms with Gasteiger partial charge in [0.1, 0.15) is 11.5 Å². The van der Waals surface area contributed by atoms with Gasteiger partial charge in [-0.15, -0.1) is 11.6 Å². The maximum atomic E-state index is 11.8. The molecule has 0 spiro atoms. The fourth-order valence-electron chi connectivity index (χ4n) is 4.63. The van der Waals surface area contributed by atoms with Gasteiger partial charge in [0.25, 0.3) is 0 Å². The summed E-state index contributed by atoms with van der Waals surface area (Å²) in [6.07, 6.45) is 3.43. The maximum Gasteiger partial charge on any atom is 0.308 e. The molecule has 5 rings (SSSR count). The Hall–Kier alpha value is -3.14. The highest BCUT2D eigenvalue weighted by atomic mass is 35.5. The molecular weight excluding hydrogens is 512 g/mol. The molecule has 0 bridgehead atoms. The molecule has 0 aromatic heterocycles. The highest BCUT2D eigenvalue weighted by molar-refractivity contribution is 6.18. The lowest BCUT2D eigenvalue weighted by molar-refractivity contribution is -0.132. The number of aliphatic hydroxyl groups is 1. The summed E-state index contributed by atoms with van der Waals surface area (Å²) in [5.74, 6) is 0.709. The van der Waals surface area contributed by atoms with E-state index in [-0.39, 0.29) is 41.9 Å². The Morgan fingerprint density at radius 2 is 1.63 bits per heavy atom. The number of phenols is 1. The van der Waals surface area contributed by atoms with Gasteiger partial charge in [0, 0.05) is 63.0 Å². The molecule has 3 saturated heterocycles. The lowest BCUT2D eigenvalue weighted by atomic mass is 10.1. The van der Waals surface area contributed by atoms with Gasteiger partial charge in [0.05, 0.1) is 18.8 Å². The van der Waals surface area contributed by atoms with Gasteiger partial charge in [-0.3, -0.25) is 14.4 Å². The van der Waals surface area contributed by atoms with Gasteiger partial charge in [-0.2, -0.15) is 0 Å². The number of carbonyl (C=O) groups is 3. The van der Waals surface area contributed by atoms with Crippen molar-refractivity contribution in [3.8, 4) is 11.5 Å². The van der Waals surface area contributed by atoms with Crippen LogP contribution in [0.5, 0.6) is 11.5 Å². The minimum atomic E-state index is -0.693. The summed E-state index contributed by atoms with van der Waals surface area (Å²) in [5.41, 5.74) is 3.17. The highest BCUT2D eigenvalue weighted by Crippen LogP contribution is 2.31. The number of carbonyl (C=O) groups excluding carboxylic acids is 3. The first kappa shape index (κ1) is 27.9. The van der Waals surface area contributed by atoms with Crippen LogP contribution in [-0.2, 0) is 32.0 Å². The number of aromatic hydroxyl groups is 1. The van der Waals surface area contributed by atoms with Crippen molar-refractivity contribution in [2.75, 3.05) is 35.4 Å². The van der Waals surface area contributed by atoms with Gasteiger partial charge in [0.2, 0.25) is 11.8 Å². The topological polar surface area (TPSA) is 120 Å². The Labute approximate surface area is 226 Å². The van der Waals surface area contributed by atoms with E-state index in [2.05, 4.69) is 0 Å². The summed E-state index contributed by atoms with van der Waals surface area (Å²) < 4.78 is 10.5. The van der Waals surface area contributed by atoms with Crippen molar-refractivity contribution in [2.24, 2.45) is 0 Å². The SMILES string of the molecule is CC(=O)Oc1ccc(N2CCCC2=O)cc1CC1CO1.O=C1CCCN1c1ccc(O)c(CC(O)CCl)c1. The summed E-state index contributed by atoms with van der Waals surface area (Å²) in [4.78, 5) is 38.1. The molecular formula is C28H33ClN2O7. The monoisotopic (exact) mass is 544 g/mol. The summed E-state index contributed by atoms with van der Waals surface area (Å²) in [6.45, 7) is 3.59. The Kier molecular flexibility index (Phi) is 9.25. The van der Waals surface area contributed by atoms with Crippen LogP contribution in [0.4, 0.5) is 11.4 Å². The third-order valence-corrected chi connectivity index (χ3v) is 6.97. The molecule has 2 aromatic carbocycles. The van der Waals surface area contributed by atoms with Gasteiger partial charge in [-0.25, -0.2) is 0 Å². The zero-order chi connectivity index (χ0) is 27.2. The van der Waals surface area contributed by atoms with Crippen LogP contribution in [0.15, 0.2) is 36.4 Å². The predicted molar refractivity (Wildman–Crippen MR) is 143 cm³/mol. The molecule has 3 fully saturated rings. The Balaban J connectivity index is 0.000000178. The second kappa shape index (κ2) is 12.6. The second-order valence-electron chi connectivity index (χ2n) is 9.67. The summed E-state index contributed by atoms with van der Waals surface area (Å²) in [5, 5.41) is 19.3. The smallest absolute Gasteiger partial charge is 0.308 e. The lowest BCUT2D eigenvalue weighted by Crippen LogP contribution is -2.23. The normalized spacial score (nSPS) is 19.3. The molecule has 9 nitrogen and oxygen atoms in total. The number of phenolic OH excluding ortho intramolecular Hbond substituents is 1. The Morgan fingerprint density at radius 1 is 1.05 bits per heavy atom. The van der Waals surface area contributed by atoms with Gasteiger partial charge >= 0.3 is 5.97 Å². The lowest BCUT2D eigenvalue weighted by Gasteiger charge is -2.18. The zero-order valence-electron chi connectivity index (χ0n) is 21.4. The number of alkyl halides is 1. The van der Waals surface area contributed by atoms with Crippen LogP contribution in [0.1, 0.15) is 43.7 Å². The number of rotatable bonds is 8. The fourth-order valence-corrected chi connectivity index (χ4v) is 4.74. The number of halogens is 1. The molecule has 2 atom stereocenters. The van der Waals surface area contributed by atoms with Crippen LogP contribution in [-0.4, -0.2) is 65.8 Å². The van der Waals surface area contributed by atoms with Crippen LogP contribution in [0, 0.1) is 0 Å². The summed E-state index contributed by atoms with van der Waals surface area (Å²) in [7, 11) is 0. The van der Waals surface area contributed by atoms with Crippen LogP contribution in [0.25, 0.3) is 0 Å². The van der Waals surface area contributed by atoms with E-state index in [1.54, 1.807) is 34.1 Å². The molecule has 2 N–H and O–H groups in total. The third kappa shape index (κ3) is 7.24. The molecule has 10 heteroatoms. The number of hydrogen-bond acceptors (Lipinski definition) is 7. The van der Waals surface area contributed by atoms with E-state index < -0.39 is 6.10 Å². The molecule has 0 radical (unpaired) electrons. The standard InChI is InChI=1S/C15H17NO4.C13H16ClNO3/c1-10(17)20-14-5-4-12(16-6-2-3-15(16)18)7-11(14)8-13-9-19-13;14-8-11(16)7-9-6-10(3-4-12(9)17)15-5-1-2-13(15)18/h4-5,7,13H,2-3,6,8-9H2,1H3;3-4,6,11,16-17H,1-2,5,7-8H2. The van der Waals surface area contributed by atoms with Crippen molar-refractivity contribution in [1.29, 1.82) is 0 Å². The van der Waals surface area contributed by atoms with Crippen molar-refractivity contribution >= 4 is 40.8 Å². The minimum absolute atomic E-state index is 0.101. The Morgan fingerprint density at radius 3 is 2.13 bits per heavy atom. The quantitative estimate of drug-likeness (QED) is 0.226. The highest BCUT2D eigenvalue weighted by Gasteiger charge is 2.27. The Bertz CT molecular complexity index is 1180. The van der Waals surface area contributed by atoms with E-state index >= 15 is 0 Å². The van der Waals surface area contributed by atoms with Crippen LogP contribution in [0.2, 0.25) is 0 Å². The number of esters is 1. The third-order valence-electron chi connectivity index (χ3n) is 6.61. The molecule has 3 aliphatic rings. The minimum Gasteiger partial charge on any atom is -0.508 e. The number of benzene rings is 2. The van der Waals surface area contributed by atoms with E-state index in [9.17, 15) is 24.6 Å². The van der Waals surface area contributed by atoms with Crippen molar-refractivity contribution in [2.45, 2.75) is 57.7 Å². The predicted octanol–water partition coefficient (Wildman–Crippen LogP) is 3.34. The van der Waals surface area contributed by atoms with Gasteiger partial charge in [0.15, 0.2) is 0 Å². The molecule has 3 aliphatic heterocycles. The van der Waals surface area contributed by atoms with Crippen molar-refractivity contribution in [3.63, 3.8) is 0 Å². The average Bonchev–Trinajstić information content (AvgIpc) is 3.43. The summed E-state index contributed by atoms with van der Waals surface area (Å²) in [6, 6.07) is 10.5. The maximum absolute atomic E-state index is 11.8. The van der Waals surface area contributed by atoms with Crippen LogP contribution >= 0.6 is 11.6 Å². The second-order valence-corrected chi connectivity index (χ2v) is 9.98.